The summed E-state index contributed by atoms with van der Waals surface area (Å²) in [6, 6.07) is 0. The monoisotopic (exact) mass is 327 g/mol. The molecule has 2 saturated carbocycles. The molecule has 6 heteroatoms. The molecule has 2 aliphatic carbocycles. The Morgan fingerprint density at radius 1 is 1.47 bits per heavy atom. The molecule has 0 aliphatic heterocycles. The molecule has 0 aromatic carbocycles. The topological polar surface area (TPSA) is 67.2 Å². The van der Waals surface area contributed by atoms with Crippen molar-refractivity contribution in [2.75, 3.05) is 11.9 Å². The molecule has 1 aromatic rings. The standard InChI is InChI=1S/C13H18BrN3O2/c14-12-10(15-6-11(18)9-3-4-9)5-16-17(13(12)19)7-8-1-2-8/h5,8-9,11,15,18H,1-4,6-7H2. The van der Waals surface area contributed by atoms with Gasteiger partial charge in [-0.2, -0.15) is 5.10 Å². The number of nitrogens with one attached hydrogen (secondary N) is 1. The fourth-order valence-electron chi connectivity index (χ4n) is 2.13. The van der Waals surface area contributed by atoms with Gasteiger partial charge in [-0.05, 0) is 53.4 Å². The van der Waals surface area contributed by atoms with E-state index >= 15 is 0 Å². The number of rotatable bonds is 6. The Morgan fingerprint density at radius 3 is 2.84 bits per heavy atom. The third-order valence-electron chi connectivity index (χ3n) is 3.78. The van der Waals surface area contributed by atoms with Crippen molar-refractivity contribution >= 4 is 21.6 Å². The predicted molar refractivity (Wildman–Crippen MR) is 76.1 cm³/mol. The number of aromatic nitrogens is 2. The molecule has 19 heavy (non-hydrogen) atoms. The van der Waals surface area contributed by atoms with Gasteiger partial charge in [-0.3, -0.25) is 4.79 Å². The van der Waals surface area contributed by atoms with Gasteiger partial charge in [0.15, 0.2) is 0 Å². The normalized spacial score (nSPS) is 20.3. The number of aliphatic hydroxyl groups is 1. The molecule has 0 saturated heterocycles. The van der Waals surface area contributed by atoms with E-state index in [1.54, 1.807) is 6.20 Å². The van der Waals surface area contributed by atoms with E-state index in [1.165, 1.54) is 17.5 Å². The summed E-state index contributed by atoms with van der Waals surface area (Å²) in [5, 5.41) is 17.1. The van der Waals surface area contributed by atoms with Gasteiger partial charge in [0, 0.05) is 13.1 Å². The fourth-order valence-corrected chi connectivity index (χ4v) is 2.57. The highest BCUT2D eigenvalue weighted by molar-refractivity contribution is 9.10. The third kappa shape index (κ3) is 3.17. The molecule has 2 N–H and O–H groups in total. The molecular weight excluding hydrogens is 310 g/mol. The highest BCUT2D eigenvalue weighted by Crippen LogP contribution is 2.33. The van der Waals surface area contributed by atoms with Crippen molar-refractivity contribution in [2.45, 2.75) is 38.3 Å². The molecule has 0 spiro atoms. The van der Waals surface area contributed by atoms with E-state index in [0.717, 1.165) is 12.8 Å². The minimum Gasteiger partial charge on any atom is -0.391 e. The second-order valence-electron chi connectivity index (χ2n) is 5.59. The average Bonchev–Trinajstić information content (AvgIpc) is 3.27. The molecule has 1 atom stereocenters. The van der Waals surface area contributed by atoms with Gasteiger partial charge in [-0.15, -0.1) is 0 Å². The molecule has 1 heterocycles. The van der Waals surface area contributed by atoms with Gasteiger partial charge in [-0.25, -0.2) is 4.68 Å². The number of nitrogens with zero attached hydrogens (tertiary/aromatic N) is 2. The van der Waals surface area contributed by atoms with Gasteiger partial charge in [0.1, 0.15) is 4.47 Å². The summed E-state index contributed by atoms with van der Waals surface area (Å²) in [4.78, 5) is 12.1. The Hall–Kier alpha value is -0.880. The van der Waals surface area contributed by atoms with Crippen LogP contribution >= 0.6 is 15.9 Å². The third-order valence-corrected chi connectivity index (χ3v) is 4.55. The van der Waals surface area contributed by atoms with E-state index in [0.29, 0.717) is 35.1 Å². The van der Waals surface area contributed by atoms with Crippen molar-refractivity contribution in [3.8, 4) is 0 Å². The smallest absolute Gasteiger partial charge is 0.283 e. The predicted octanol–water partition coefficient (Wildman–Crippen LogP) is 1.60. The highest BCUT2D eigenvalue weighted by Gasteiger charge is 2.29. The van der Waals surface area contributed by atoms with Crippen LogP contribution < -0.4 is 10.9 Å². The summed E-state index contributed by atoms with van der Waals surface area (Å²) in [5.74, 6) is 1.04. The highest BCUT2D eigenvalue weighted by atomic mass is 79.9. The van der Waals surface area contributed by atoms with Crippen molar-refractivity contribution in [1.29, 1.82) is 0 Å². The number of hydrogen-bond acceptors (Lipinski definition) is 4. The Bertz CT molecular complexity index is 523. The average molecular weight is 328 g/mol. The summed E-state index contributed by atoms with van der Waals surface area (Å²) >= 11 is 3.33. The number of halogens is 1. The van der Waals surface area contributed by atoms with E-state index in [4.69, 9.17) is 0 Å². The molecule has 1 unspecified atom stereocenters. The molecule has 1 aromatic heterocycles. The lowest BCUT2D eigenvalue weighted by atomic mass is 10.2. The van der Waals surface area contributed by atoms with E-state index in [2.05, 4.69) is 26.3 Å². The number of hydrogen-bond donors (Lipinski definition) is 2. The maximum atomic E-state index is 12.1. The van der Waals surface area contributed by atoms with Crippen LogP contribution in [0.3, 0.4) is 0 Å². The summed E-state index contributed by atoms with van der Waals surface area (Å²) in [7, 11) is 0. The first-order chi connectivity index (χ1) is 9.15. The summed E-state index contributed by atoms with van der Waals surface area (Å²) in [5.41, 5.74) is 0.564. The van der Waals surface area contributed by atoms with Gasteiger partial charge < -0.3 is 10.4 Å². The van der Waals surface area contributed by atoms with E-state index in [1.807, 2.05) is 0 Å². The SMILES string of the molecule is O=c1c(Br)c(NCC(O)C2CC2)cnn1CC1CC1. The Morgan fingerprint density at radius 2 is 2.21 bits per heavy atom. The molecule has 0 bridgehead atoms. The first kappa shape index (κ1) is 13.1. The molecular formula is C13H18BrN3O2. The van der Waals surface area contributed by atoms with Gasteiger partial charge in [0.05, 0.1) is 18.0 Å². The lowest BCUT2D eigenvalue weighted by Crippen LogP contribution is -2.27. The van der Waals surface area contributed by atoms with Crippen LogP contribution in [0.2, 0.25) is 0 Å². The van der Waals surface area contributed by atoms with Crippen molar-refractivity contribution in [3.63, 3.8) is 0 Å². The van der Waals surface area contributed by atoms with Crippen molar-refractivity contribution < 1.29 is 5.11 Å². The zero-order chi connectivity index (χ0) is 13.4. The Kier molecular flexibility index (Phi) is 3.62. The van der Waals surface area contributed by atoms with Crippen molar-refractivity contribution in [2.24, 2.45) is 11.8 Å². The van der Waals surface area contributed by atoms with E-state index in [-0.39, 0.29) is 11.7 Å². The number of aliphatic hydroxyl groups excluding tert-OH is 1. The molecule has 2 fully saturated rings. The maximum Gasteiger partial charge on any atom is 0.283 e. The van der Waals surface area contributed by atoms with E-state index in [9.17, 15) is 9.90 Å². The van der Waals surface area contributed by atoms with Crippen LogP contribution in [0.15, 0.2) is 15.5 Å². The first-order valence-corrected chi connectivity index (χ1v) is 7.62. The molecule has 2 aliphatic rings. The number of anilines is 1. The lowest BCUT2D eigenvalue weighted by molar-refractivity contribution is 0.164. The fraction of sp³-hybridized carbons (Fsp3) is 0.692. The zero-order valence-electron chi connectivity index (χ0n) is 10.7. The second kappa shape index (κ2) is 5.25. The van der Waals surface area contributed by atoms with Crippen LogP contribution in [0, 0.1) is 11.8 Å². The summed E-state index contributed by atoms with van der Waals surface area (Å²) in [6.07, 6.45) is 5.92. The molecule has 3 rings (SSSR count). The Labute approximate surface area is 120 Å². The Balaban J connectivity index is 1.67. The molecule has 104 valence electrons. The van der Waals surface area contributed by atoms with Crippen LogP contribution in [-0.2, 0) is 6.54 Å². The van der Waals surface area contributed by atoms with Crippen LogP contribution in [0.1, 0.15) is 25.7 Å². The van der Waals surface area contributed by atoms with Crippen LogP contribution in [0.5, 0.6) is 0 Å². The van der Waals surface area contributed by atoms with Crippen LogP contribution in [0.25, 0.3) is 0 Å². The summed E-state index contributed by atoms with van der Waals surface area (Å²) < 4.78 is 2.02. The quantitative estimate of drug-likeness (QED) is 0.832. The minimum atomic E-state index is -0.333. The maximum absolute atomic E-state index is 12.1. The minimum absolute atomic E-state index is 0.0992. The second-order valence-corrected chi connectivity index (χ2v) is 6.38. The van der Waals surface area contributed by atoms with Crippen molar-refractivity contribution in [3.05, 3.63) is 21.0 Å². The molecule has 5 nitrogen and oxygen atoms in total. The summed E-state index contributed by atoms with van der Waals surface area (Å²) in [6.45, 7) is 1.18. The van der Waals surface area contributed by atoms with Crippen molar-refractivity contribution in [1.82, 2.24) is 9.78 Å². The van der Waals surface area contributed by atoms with Gasteiger partial charge in [0.2, 0.25) is 0 Å². The van der Waals surface area contributed by atoms with Gasteiger partial charge in [-0.1, -0.05) is 0 Å². The van der Waals surface area contributed by atoms with Crippen LogP contribution in [-0.4, -0.2) is 27.5 Å². The van der Waals surface area contributed by atoms with Crippen LogP contribution in [0.4, 0.5) is 5.69 Å². The largest absolute Gasteiger partial charge is 0.391 e. The zero-order valence-corrected chi connectivity index (χ0v) is 12.3. The van der Waals surface area contributed by atoms with Gasteiger partial charge >= 0.3 is 0 Å². The van der Waals surface area contributed by atoms with E-state index < -0.39 is 0 Å². The lowest BCUT2D eigenvalue weighted by Gasteiger charge is -2.13. The first-order valence-electron chi connectivity index (χ1n) is 6.82. The molecule has 0 amide bonds. The molecule has 0 radical (unpaired) electrons. The van der Waals surface area contributed by atoms with Gasteiger partial charge in [0.25, 0.3) is 5.56 Å².